The van der Waals surface area contributed by atoms with Crippen LogP contribution in [0.2, 0.25) is 10.0 Å². The summed E-state index contributed by atoms with van der Waals surface area (Å²) in [7, 11) is 1.30. The molecule has 0 saturated carbocycles. The molecule has 2 aromatic carbocycles. The van der Waals surface area contributed by atoms with Crippen molar-refractivity contribution in [1.82, 2.24) is 4.90 Å². The first kappa shape index (κ1) is 20.2. The van der Waals surface area contributed by atoms with Gasteiger partial charge in [-0.05, 0) is 36.6 Å². The van der Waals surface area contributed by atoms with Crippen LogP contribution in [0.4, 0.5) is 0 Å². The van der Waals surface area contributed by atoms with Gasteiger partial charge >= 0.3 is 5.97 Å². The number of nitrogens with zero attached hydrogens (tertiary/aromatic N) is 1. The minimum absolute atomic E-state index is 0.247. The van der Waals surface area contributed by atoms with E-state index in [2.05, 4.69) is 0 Å². The molecule has 0 unspecified atom stereocenters. The highest BCUT2D eigenvalue weighted by Crippen LogP contribution is 2.34. The molecule has 0 radical (unpaired) electrons. The van der Waals surface area contributed by atoms with Gasteiger partial charge in [-0.1, -0.05) is 65.7 Å². The van der Waals surface area contributed by atoms with E-state index in [4.69, 9.17) is 27.9 Å². The number of carbonyl (C=O) groups is 2. The lowest BCUT2D eigenvalue weighted by Crippen LogP contribution is -2.27. The predicted molar refractivity (Wildman–Crippen MR) is 111 cm³/mol. The zero-order valence-electron chi connectivity index (χ0n) is 15.5. The Morgan fingerprint density at radius 2 is 1.82 bits per heavy atom. The van der Waals surface area contributed by atoms with Gasteiger partial charge in [0, 0.05) is 12.2 Å². The van der Waals surface area contributed by atoms with Gasteiger partial charge in [0.25, 0.3) is 5.91 Å². The Hall–Kier alpha value is -2.56. The fourth-order valence-electron chi connectivity index (χ4n) is 3.17. The van der Waals surface area contributed by atoms with Crippen LogP contribution in [0.5, 0.6) is 0 Å². The second-order valence-electron chi connectivity index (χ2n) is 6.35. The molecule has 0 fully saturated rings. The van der Waals surface area contributed by atoms with Gasteiger partial charge in [0.2, 0.25) is 0 Å². The van der Waals surface area contributed by atoms with Crippen molar-refractivity contribution in [1.29, 1.82) is 0 Å². The highest BCUT2D eigenvalue weighted by atomic mass is 35.5. The maximum absolute atomic E-state index is 13.1. The average molecular weight is 416 g/mol. The third kappa shape index (κ3) is 3.98. The second kappa shape index (κ2) is 8.63. The monoisotopic (exact) mass is 415 g/mol. The lowest BCUT2D eigenvalue weighted by Gasteiger charge is -2.17. The largest absolute Gasteiger partial charge is 0.465 e. The van der Waals surface area contributed by atoms with Gasteiger partial charge in [0.1, 0.15) is 0 Å². The van der Waals surface area contributed by atoms with Crippen LogP contribution in [0.15, 0.2) is 65.4 Å². The number of rotatable bonds is 5. The van der Waals surface area contributed by atoms with Crippen LogP contribution in [0.1, 0.15) is 18.1 Å². The van der Waals surface area contributed by atoms with E-state index < -0.39 is 5.97 Å². The lowest BCUT2D eigenvalue weighted by atomic mass is 10.0. The molecule has 0 spiro atoms. The van der Waals surface area contributed by atoms with E-state index >= 15 is 0 Å². The molecule has 3 rings (SSSR count). The molecule has 0 aliphatic carbocycles. The summed E-state index contributed by atoms with van der Waals surface area (Å²) in [6, 6.07) is 15.0. The Morgan fingerprint density at radius 1 is 1.11 bits per heavy atom. The maximum atomic E-state index is 13.1. The van der Waals surface area contributed by atoms with Crippen LogP contribution >= 0.6 is 23.2 Å². The van der Waals surface area contributed by atoms with E-state index in [0.29, 0.717) is 34.3 Å². The Labute approximate surface area is 174 Å². The average Bonchev–Trinajstić information content (AvgIpc) is 2.93. The van der Waals surface area contributed by atoms with Crippen molar-refractivity contribution in [2.75, 3.05) is 13.7 Å². The normalized spacial score (nSPS) is 15.5. The van der Waals surface area contributed by atoms with Crippen LogP contribution in [0.25, 0.3) is 6.08 Å². The Bertz CT molecular complexity index is 981. The standard InChI is InChI=1S/C22H19Cl2NO3/c1-14-19(22(27)28-2)17(13-16-9-6-10-18(23)20(16)24)21(26)25(14)12-11-15-7-4-3-5-8-15/h3-10,13H,11-12H2,1-2H3/b17-13+. The first-order chi connectivity index (χ1) is 13.4. The van der Waals surface area contributed by atoms with Crippen LogP contribution in [0, 0.1) is 0 Å². The topological polar surface area (TPSA) is 46.6 Å². The fourth-order valence-corrected chi connectivity index (χ4v) is 3.53. The van der Waals surface area contributed by atoms with Crippen molar-refractivity contribution < 1.29 is 14.3 Å². The molecule has 1 amide bonds. The Morgan fingerprint density at radius 3 is 2.50 bits per heavy atom. The minimum Gasteiger partial charge on any atom is -0.465 e. The third-order valence-electron chi connectivity index (χ3n) is 4.65. The summed E-state index contributed by atoms with van der Waals surface area (Å²) < 4.78 is 4.91. The summed E-state index contributed by atoms with van der Waals surface area (Å²) >= 11 is 12.3. The molecule has 0 bridgehead atoms. The molecule has 144 valence electrons. The first-order valence-corrected chi connectivity index (χ1v) is 9.50. The minimum atomic E-state index is -0.558. The molecule has 0 N–H and O–H groups in total. The van der Waals surface area contributed by atoms with E-state index in [1.807, 2.05) is 30.3 Å². The van der Waals surface area contributed by atoms with Crippen molar-refractivity contribution in [3.05, 3.63) is 86.5 Å². The van der Waals surface area contributed by atoms with E-state index in [1.54, 1.807) is 36.1 Å². The van der Waals surface area contributed by atoms with E-state index in [9.17, 15) is 9.59 Å². The number of esters is 1. The summed E-state index contributed by atoms with van der Waals surface area (Å²) in [6.45, 7) is 2.20. The molecule has 4 nitrogen and oxygen atoms in total. The Kier molecular flexibility index (Phi) is 6.22. The van der Waals surface area contributed by atoms with Gasteiger partial charge in [-0.15, -0.1) is 0 Å². The molecular formula is C22H19Cl2NO3. The number of ether oxygens (including phenoxy) is 1. The first-order valence-electron chi connectivity index (χ1n) is 8.75. The summed E-state index contributed by atoms with van der Waals surface area (Å²) in [5, 5.41) is 0.705. The number of hydrogen-bond acceptors (Lipinski definition) is 3. The second-order valence-corrected chi connectivity index (χ2v) is 7.13. The Balaban J connectivity index is 1.98. The number of halogens is 2. The van der Waals surface area contributed by atoms with E-state index in [1.165, 1.54) is 7.11 Å². The molecule has 0 atom stereocenters. The molecule has 1 aliphatic rings. The molecule has 1 heterocycles. The van der Waals surface area contributed by atoms with Gasteiger partial charge < -0.3 is 9.64 Å². The number of allylic oxidation sites excluding steroid dienone is 1. The van der Waals surface area contributed by atoms with Crippen molar-refractivity contribution in [3.63, 3.8) is 0 Å². The molecule has 28 heavy (non-hydrogen) atoms. The van der Waals surface area contributed by atoms with Gasteiger partial charge in [0.05, 0.1) is 28.3 Å². The molecule has 6 heteroatoms. The third-order valence-corrected chi connectivity index (χ3v) is 5.48. The van der Waals surface area contributed by atoms with Crippen LogP contribution in [-0.4, -0.2) is 30.4 Å². The molecule has 1 aliphatic heterocycles. The zero-order chi connectivity index (χ0) is 20.3. The van der Waals surface area contributed by atoms with Crippen molar-refractivity contribution in [2.24, 2.45) is 0 Å². The van der Waals surface area contributed by atoms with Crippen molar-refractivity contribution >= 4 is 41.2 Å². The summed E-state index contributed by atoms with van der Waals surface area (Å²) in [4.78, 5) is 27.1. The van der Waals surface area contributed by atoms with Crippen LogP contribution in [0.3, 0.4) is 0 Å². The number of amides is 1. The van der Waals surface area contributed by atoms with E-state index in [0.717, 1.165) is 5.56 Å². The van der Waals surface area contributed by atoms with Gasteiger partial charge in [0.15, 0.2) is 0 Å². The smallest absolute Gasteiger partial charge is 0.340 e. The van der Waals surface area contributed by atoms with Crippen molar-refractivity contribution in [2.45, 2.75) is 13.3 Å². The predicted octanol–water partition coefficient (Wildman–Crippen LogP) is 4.91. The highest BCUT2D eigenvalue weighted by Gasteiger charge is 2.36. The molecule has 0 aromatic heterocycles. The fraction of sp³-hybridized carbons (Fsp3) is 0.182. The number of benzene rings is 2. The molecule has 2 aromatic rings. The zero-order valence-corrected chi connectivity index (χ0v) is 17.1. The van der Waals surface area contributed by atoms with Crippen LogP contribution < -0.4 is 0 Å². The summed E-state index contributed by atoms with van der Waals surface area (Å²) in [6.07, 6.45) is 2.26. The SMILES string of the molecule is COC(=O)C1=C(C)N(CCc2ccccc2)C(=O)/C1=C/c1cccc(Cl)c1Cl. The van der Waals surface area contributed by atoms with Gasteiger partial charge in [-0.25, -0.2) is 4.79 Å². The quantitative estimate of drug-likeness (QED) is 0.514. The lowest BCUT2D eigenvalue weighted by molar-refractivity contribution is -0.136. The summed E-state index contributed by atoms with van der Waals surface area (Å²) in [5.41, 5.74) is 2.74. The number of hydrogen-bond donors (Lipinski definition) is 0. The van der Waals surface area contributed by atoms with Crippen LogP contribution in [-0.2, 0) is 20.7 Å². The van der Waals surface area contributed by atoms with Crippen molar-refractivity contribution in [3.8, 4) is 0 Å². The molecular weight excluding hydrogens is 397 g/mol. The van der Waals surface area contributed by atoms with E-state index in [-0.39, 0.29) is 17.1 Å². The highest BCUT2D eigenvalue weighted by molar-refractivity contribution is 6.43. The summed E-state index contributed by atoms with van der Waals surface area (Å²) in [5.74, 6) is -0.817. The van der Waals surface area contributed by atoms with Gasteiger partial charge in [-0.3, -0.25) is 4.79 Å². The maximum Gasteiger partial charge on any atom is 0.340 e. The molecule has 0 saturated heterocycles. The number of carbonyl (C=O) groups excluding carboxylic acids is 2. The van der Waals surface area contributed by atoms with Gasteiger partial charge in [-0.2, -0.15) is 0 Å². The number of methoxy groups -OCH3 is 1.